The first-order valence-corrected chi connectivity index (χ1v) is 8.43. The normalized spacial score (nSPS) is 12.3. The van der Waals surface area contributed by atoms with Crippen LogP contribution in [0.3, 0.4) is 0 Å². The quantitative estimate of drug-likeness (QED) is 0.833. The summed E-state index contributed by atoms with van der Waals surface area (Å²) < 4.78 is 40.2. The average Bonchev–Trinajstić information content (AvgIpc) is 2.79. The Morgan fingerprint density at radius 3 is 2.38 bits per heavy atom. The Labute approximate surface area is 155 Å². The Balaban J connectivity index is 2.05. The summed E-state index contributed by atoms with van der Waals surface area (Å²) in [7, 11) is 0. The van der Waals surface area contributed by atoms with Crippen LogP contribution in [-0.4, -0.2) is 22.2 Å². The van der Waals surface area contributed by atoms with Crippen molar-refractivity contribution in [2.75, 3.05) is 6.54 Å². The summed E-state index contributed by atoms with van der Waals surface area (Å²) in [6, 6.07) is 5.15. The third kappa shape index (κ3) is 4.58. The fourth-order valence-corrected chi connectivity index (χ4v) is 2.69. The Hall–Kier alpha value is -2.02. The SMILES string of the molecule is Cc1nn(CC(=O)NCC(C)(C)c2cccc(C(F)(F)F)c2)c(C)c1Cl. The van der Waals surface area contributed by atoms with Crippen molar-refractivity contribution in [1.82, 2.24) is 15.1 Å². The number of nitrogens with zero attached hydrogens (tertiary/aromatic N) is 2. The first kappa shape index (κ1) is 20.3. The number of benzene rings is 1. The molecule has 0 aliphatic heterocycles. The minimum absolute atomic E-state index is 0.00192. The largest absolute Gasteiger partial charge is 0.416 e. The van der Waals surface area contributed by atoms with Gasteiger partial charge < -0.3 is 5.32 Å². The van der Waals surface area contributed by atoms with Gasteiger partial charge in [0.2, 0.25) is 5.91 Å². The monoisotopic (exact) mass is 387 g/mol. The highest BCUT2D eigenvalue weighted by molar-refractivity contribution is 6.31. The van der Waals surface area contributed by atoms with Gasteiger partial charge in [-0.05, 0) is 25.5 Å². The van der Waals surface area contributed by atoms with E-state index in [1.54, 1.807) is 33.8 Å². The minimum atomic E-state index is -4.40. The fraction of sp³-hybridized carbons (Fsp3) is 0.444. The summed E-state index contributed by atoms with van der Waals surface area (Å²) in [5, 5.41) is 7.47. The van der Waals surface area contributed by atoms with Gasteiger partial charge in [0.05, 0.1) is 22.0 Å². The highest BCUT2D eigenvalue weighted by atomic mass is 35.5. The molecule has 1 N–H and O–H groups in total. The van der Waals surface area contributed by atoms with E-state index in [-0.39, 0.29) is 19.0 Å². The number of rotatable bonds is 5. The molecule has 142 valence electrons. The van der Waals surface area contributed by atoms with Gasteiger partial charge in [0.1, 0.15) is 6.54 Å². The zero-order chi connectivity index (χ0) is 19.7. The summed E-state index contributed by atoms with van der Waals surface area (Å²) in [5.74, 6) is -0.285. The number of halogens is 4. The number of carbonyl (C=O) groups is 1. The van der Waals surface area contributed by atoms with E-state index in [4.69, 9.17) is 11.6 Å². The molecule has 0 aliphatic carbocycles. The van der Waals surface area contributed by atoms with E-state index in [2.05, 4.69) is 10.4 Å². The van der Waals surface area contributed by atoms with Crippen LogP contribution in [0, 0.1) is 13.8 Å². The molecule has 4 nitrogen and oxygen atoms in total. The molecule has 0 saturated heterocycles. The highest BCUT2D eigenvalue weighted by Gasteiger charge is 2.32. The van der Waals surface area contributed by atoms with E-state index in [1.165, 1.54) is 10.7 Å². The molecule has 26 heavy (non-hydrogen) atoms. The molecule has 0 unspecified atom stereocenters. The van der Waals surface area contributed by atoms with E-state index in [0.717, 1.165) is 12.1 Å². The van der Waals surface area contributed by atoms with Gasteiger partial charge in [-0.25, -0.2) is 0 Å². The van der Waals surface area contributed by atoms with Crippen molar-refractivity contribution >= 4 is 17.5 Å². The Bertz CT molecular complexity index is 812. The lowest BCUT2D eigenvalue weighted by Crippen LogP contribution is -2.38. The summed E-state index contributed by atoms with van der Waals surface area (Å²) in [4.78, 5) is 12.2. The van der Waals surface area contributed by atoms with E-state index >= 15 is 0 Å². The topological polar surface area (TPSA) is 46.9 Å². The standard InChI is InChI=1S/C18H21ClF3N3O/c1-11-16(19)12(2)25(24-11)9-15(26)23-10-17(3,4)13-6-5-7-14(8-13)18(20,21)22/h5-8H,9-10H2,1-4H3,(H,23,26). The van der Waals surface area contributed by atoms with E-state index in [0.29, 0.717) is 22.0 Å². The summed E-state index contributed by atoms with van der Waals surface area (Å²) >= 11 is 6.06. The van der Waals surface area contributed by atoms with Crippen LogP contribution in [-0.2, 0) is 22.9 Å². The molecule has 8 heteroatoms. The second kappa shape index (κ2) is 7.31. The van der Waals surface area contributed by atoms with Crippen LogP contribution in [0.4, 0.5) is 13.2 Å². The van der Waals surface area contributed by atoms with Gasteiger partial charge in [-0.2, -0.15) is 18.3 Å². The molecule has 0 saturated carbocycles. The molecule has 0 bridgehead atoms. The molecule has 0 fully saturated rings. The predicted molar refractivity (Wildman–Crippen MR) is 94.2 cm³/mol. The van der Waals surface area contributed by atoms with Crippen molar-refractivity contribution in [3.63, 3.8) is 0 Å². The number of aryl methyl sites for hydroxylation is 1. The molecule has 0 aliphatic rings. The van der Waals surface area contributed by atoms with Crippen molar-refractivity contribution in [2.24, 2.45) is 0 Å². The maximum atomic E-state index is 12.9. The molecule has 0 atom stereocenters. The molecule has 1 amide bonds. The van der Waals surface area contributed by atoms with Gasteiger partial charge >= 0.3 is 6.18 Å². The van der Waals surface area contributed by atoms with Crippen molar-refractivity contribution in [2.45, 2.75) is 45.8 Å². The number of hydrogen-bond acceptors (Lipinski definition) is 2. The maximum absolute atomic E-state index is 12.9. The molecule has 1 heterocycles. The molecule has 2 rings (SSSR count). The Morgan fingerprint density at radius 1 is 1.23 bits per heavy atom. The third-order valence-corrected chi connectivity index (χ3v) is 4.83. The minimum Gasteiger partial charge on any atom is -0.354 e. The molecule has 1 aromatic carbocycles. The molecule has 1 aromatic heterocycles. The van der Waals surface area contributed by atoms with Crippen LogP contribution >= 0.6 is 11.6 Å². The van der Waals surface area contributed by atoms with Crippen molar-refractivity contribution in [3.8, 4) is 0 Å². The molecular formula is C18H21ClF3N3O. The number of aromatic nitrogens is 2. The van der Waals surface area contributed by atoms with Gasteiger partial charge in [-0.15, -0.1) is 0 Å². The summed E-state index contributed by atoms with van der Waals surface area (Å²) in [6.45, 7) is 7.27. The van der Waals surface area contributed by atoms with Crippen LogP contribution in [0.1, 0.15) is 36.4 Å². The number of alkyl halides is 3. The number of nitrogens with one attached hydrogen (secondary N) is 1. The van der Waals surface area contributed by atoms with Crippen LogP contribution < -0.4 is 5.32 Å². The third-order valence-electron chi connectivity index (χ3n) is 4.29. The predicted octanol–water partition coefficient (Wildman–Crippen LogP) is 4.27. The zero-order valence-corrected chi connectivity index (χ0v) is 15.8. The van der Waals surface area contributed by atoms with E-state index < -0.39 is 17.2 Å². The molecule has 0 radical (unpaired) electrons. The van der Waals surface area contributed by atoms with Gasteiger partial charge in [0.25, 0.3) is 0 Å². The fourth-order valence-electron chi connectivity index (χ4n) is 2.56. The number of carbonyl (C=O) groups excluding carboxylic acids is 1. The van der Waals surface area contributed by atoms with Crippen molar-refractivity contribution in [3.05, 3.63) is 51.8 Å². The second-order valence-electron chi connectivity index (χ2n) is 6.88. The van der Waals surface area contributed by atoms with E-state index in [9.17, 15) is 18.0 Å². The smallest absolute Gasteiger partial charge is 0.354 e. The molecular weight excluding hydrogens is 367 g/mol. The average molecular weight is 388 g/mol. The van der Waals surface area contributed by atoms with E-state index in [1.807, 2.05) is 0 Å². The van der Waals surface area contributed by atoms with Crippen LogP contribution in [0.2, 0.25) is 5.02 Å². The first-order chi connectivity index (χ1) is 11.9. The van der Waals surface area contributed by atoms with Gasteiger partial charge in [-0.3, -0.25) is 9.48 Å². The highest BCUT2D eigenvalue weighted by Crippen LogP contribution is 2.32. The Kier molecular flexibility index (Phi) is 5.70. The first-order valence-electron chi connectivity index (χ1n) is 8.06. The van der Waals surface area contributed by atoms with Gasteiger partial charge in [0.15, 0.2) is 0 Å². The van der Waals surface area contributed by atoms with Crippen molar-refractivity contribution < 1.29 is 18.0 Å². The lowest BCUT2D eigenvalue weighted by molar-refractivity contribution is -0.137. The second-order valence-corrected chi connectivity index (χ2v) is 7.26. The summed E-state index contributed by atoms with van der Waals surface area (Å²) in [6.07, 6.45) is -4.40. The number of amides is 1. The number of hydrogen-bond donors (Lipinski definition) is 1. The van der Waals surface area contributed by atoms with Crippen LogP contribution in [0.5, 0.6) is 0 Å². The van der Waals surface area contributed by atoms with Crippen LogP contribution in [0.15, 0.2) is 24.3 Å². The molecule has 2 aromatic rings. The lowest BCUT2D eigenvalue weighted by atomic mass is 9.83. The van der Waals surface area contributed by atoms with Gasteiger partial charge in [0, 0.05) is 12.0 Å². The molecule has 0 spiro atoms. The summed E-state index contributed by atoms with van der Waals surface area (Å²) in [5.41, 5.74) is 0.468. The Morgan fingerprint density at radius 2 is 1.85 bits per heavy atom. The van der Waals surface area contributed by atoms with Crippen LogP contribution in [0.25, 0.3) is 0 Å². The zero-order valence-electron chi connectivity index (χ0n) is 15.0. The van der Waals surface area contributed by atoms with Crippen molar-refractivity contribution in [1.29, 1.82) is 0 Å². The lowest BCUT2D eigenvalue weighted by Gasteiger charge is -2.26. The van der Waals surface area contributed by atoms with Gasteiger partial charge in [-0.1, -0.05) is 43.6 Å². The maximum Gasteiger partial charge on any atom is 0.416 e.